The Morgan fingerprint density at radius 3 is 2.76 bits per heavy atom. The minimum absolute atomic E-state index is 0.229. The average Bonchev–Trinajstić information content (AvgIpc) is 2.48. The van der Waals surface area contributed by atoms with Gasteiger partial charge in [-0.05, 0) is 63.3 Å². The lowest BCUT2D eigenvalue weighted by Crippen LogP contribution is -2.29. The molecule has 1 saturated carbocycles. The highest BCUT2D eigenvalue weighted by Crippen LogP contribution is 2.38. The first-order valence-electron chi connectivity index (χ1n) is 8.57. The van der Waals surface area contributed by atoms with Crippen LogP contribution in [0.15, 0.2) is 24.3 Å². The lowest BCUT2D eigenvalue weighted by Gasteiger charge is -2.34. The third-order valence-corrected chi connectivity index (χ3v) is 4.77. The standard InChI is InChI=1S/C19H31NO/c1-5-15-8-6-9-16(12-15)19(20-4)17-10-7-11-18(13-17)21-14(2)3/h7,10-11,13-16,19-20H,5-6,8-9,12H2,1-4H3. The smallest absolute Gasteiger partial charge is 0.120 e. The van der Waals surface area contributed by atoms with Crippen LogP contribution < -0.4 is 10.1 Å². The summed E-state index contributed by atoms with van der Waals surface area (Å²) in [5.41, 5.74) is 1.37. The summed E-state index contributed by atoms with van der Waals surface area (Å²) in [5.74, 6) is 2.66. The van der Waals surface area contributed by atoms with Gasteiger partial charge in [-0.1, -0.05) is 38.3 Å². The highest BCUT2D eigenvalue weighted by molar-refractivity contribution is 5.31. The minimum Gasteiger partial charge on any atom is -0.491 e. The molecule has 21 heavy (non-hydrogen) atoms. The maximum absolute atomic E-state index is 5.85. The molecule has 3 unspecified atom stereocenters. The van der Waals surface area contributed by atoms with Crippen LogP contribution in [0.2, 0.25) is 0 Å². The van der Waals surface area contributed by atoms with Crippen molar-refractivity contribution in [2.75, 3.05) is 7.05 Å². The van der Waals surface area contributed by atoms with E-state index in [0.29, 0.717) is 6.04 Å². The van der Waals surface area contributed by atoms with Gasteiger partial charge in [0.05, 0.1) is 6.10 Å². The molecule has 1 aliphatic carbocycles. The van der Waals surface area contributed by atoms with Crippen molar-refractivity contribution in [1.29, 1.82) is 0 Å². The van der Waals surface area contributed by atoms with Crippen molar-refractivity contribution in [3.63, 3.8) is 0 Å². The number of hydrogen-bond donors (Lipinski definition) is 1. The molecule has 0 spiro atoms. The molecule has 1 aromatic rings. The van der Waals surface area contributed by atoms with Gasteiger partial charge in [-0.3, -0.25) is 0 Å². The zero-order chi connectivity index (χ0) is 15.2. The van der Waals surface area contributed by atoms with Gasteiger partial charge in [0.1, 0.15) is 5.75 Å². The van der Waals surface area contributed by atoms with Gasteiger partial charge in [-0.25, -0.2) is 0 Å². The number of nitrogens with one attached hydrogen (secondary N) is 1. The Bertz CT molecular complexity index is 429. The van der Waals surface area contributed by atoms with Crippen LogP contribution in [-0.4, -0.2) is 13.2 Å². The van der Waals surface area contributed by atoms with Crippen LogP contribution in [0.1, 0.15) is 64.5 Å². The van der Waals surface area contributed by atoms with Crippen molar-refractivity contribution in [3.05, 3.63) is 29.8 Å². The molecular formula is C19H31NO. The molecule has 0 aromatic heterocycles. The van der Waals surface area contributed by atoms with Crippen LogP contribution in [0.25, 0.3) is 0 Å². The third-order valence-electron chi connectivity index (χ3n) is 4.77. The lowest BCUT2D eigenvalue weighted by atomic mass is 9.75. The zero-order valence-electron chi connectivity index (χ0n) is 14.1. The molecule has 0 aliphatic heterocycles. The van der Waals surface area contributed by atoms with Crippen LogP contribution in [0.3, 0.4) is 0 Å². The summed E-state index contributed by atoms with van der Waals surface area (Å²) in [6, 6.07) is 9.10. The first-order chi connectivity index (χ1) is 10.1. The largest absolute Gasteiger partial charge is 0.491 e. The van der Waals surface area contributed by atoms with Crippen LogP contribution in [0, 0.1) is 11.8 Å². The Morgan fingerprint density at radius 2 is 2.10 bits per heavy atom. The van der Waals surface area contributed by atoms with Crippen molar-refractivity contribution in [2.45, 2.75) is 65.0 Å². The van der Waals surface area contributed by atoms with E-state index in [1.807, 2.05) is 0 Å². The molecule has 2 heteroatoms. The fourth-order valence-corrected chi connectivity index (χ4v) is 3.73. The normalized spacial score (nSPS) is 24.0. The summed E-state index contributed by atoms with van der Waals surface area (Å²) in [4.78, 5) is 0. The summed E-state index contributed by atoms with van der Waals surface area (Å²) >= 11 is 0. The third kappa shape index (κ3) is 4.47. The molecule has 0 heterocycles. The molecule has 1 fully saturated rings. The first kappa shape index (κ1) is 16.4. The summed E-state index contributed by atoms with van der Waals surface area (Å²) in [5, 5.41) is 3.56. The van der Waals surface area contributed by atoms with Gasteiger partial charge in [0.25, 0.3) is 0 Å². The van der Waals surface area contributed by atoms with Crippen molar-refractivity contribution < 1.29 is 4.74 Å². The molecule has 0 bridgehead atoms. The second kappa shape index (κ2) is 7.84. The highest BCUT2D eigenvalue weighted by atomic mass is 16.5. The summed E-state index contributed by atoms with van der Waals surface area (Å²) in [7, 11) is 2.09. The van der Waals surface area contributed by atoms with Crippen molar-refractivity contribution in [1.82, 2.24) is 5.32 Å². The van der Waals surface area contributed by atoms with Gasteiger partial charge in [-0.15, -0.1) is 0 Å². The van der Waals surface area contributed by atoms with Crippen LogP contribution >= 0.6 is 0 Å². The molecule has 118 valence electrons. The Hall–Kier alpha value is -1.02. The van der Waals surface area contributed by atoms with Crippen LogP contribution in [0.5, 0.6) is 5.75 Å². The zero-order valence-corrected chi connectivity index (χ0v) is 14.1. The number of benzene rings is 1. The molecule has 0 amide bonds. The fraction of sp³-hybridized carbons (Fsp3) is 0.684. The maximum atomic E-state index is 5.85. The summed E-state index contributed by atoms with van der Waals surface area (Å²) in [6.45, 7) is 6.49. The predicted octanol–water partition coefficient (Wildman–Crippen LogP) is 4.95. The lowest BCUT2D eigenvalue weighted by molar-refractivity contribution is 0.213. The molecule has 0 radical (unpaired) electrons. The van der Waals surface area contributed by atoms with E-state index in [-0.39, 0.29) is 6.10 Å². The second-order valence-corrected chi connectivity index (χ2v) is 6.71. The molecule has 1 aromatic carbocycles. The molecular weight excluding hydrogens is 258 g/mol. The monoisotopic (exact) mass is 289 g/mol. The van der Waals surface area contributed by atoms with Gasteiger partial charge in [-0.2, -0.15) is 0 Å². The Labute approximate surface area is 130 Å². The minimum atomic E-state index is 0.229. The quantitative estimate of drug-likeness (QED) is 0.800. The molecule has 0 saturated heterocycles. The number of hydrogen-bond acceptors (Lipinski definition) is 2. The Balaban J connectivity index is 2.12. The topological polar surface area (TPSA) is 21.3 Å². The maximum Gasteiger partial charge on any atom is 0.120 e. The van der Waals surface area contributed by atoms with Crippen molar-refractivity contribution in [3.8, 4) is 5.75 Å². The Morgan fingerprint density at radius 1 is 1.29 bits per heavy atom. The number of rotatable bonds is 6. The van der Waals surface area contributed by atoms with E-state index in [4.69, 9.17) is 4.74 Å². The first-order valence-corrected chi connectivity index (χ1v) is 8.57. The second-order valence-electron chi connectivity index (χ2n) is 6.71. The summed E-state index contributed by atoms with van der Waals surface area (Å²) in [6.07, 6.45) is 7.05. The molecule has 3 atom stereocenters. The molecule has 2 nitrogen and oxygen atoms in total. The van der Waals surface area contributed by atoms with Gasteiger partial charge >= 0.3 is 0 Å². The number of ether oxygens (including phenoxy) is 1. The van der Waals surface area contributed by atoms with Gasteiger partial charge in [0.15, 0.2) is 0 Å². The van der Waals surface area contributed by atoms with Crippen molar-refractivity contribution >= 4 is 0 Å². The highest BCUT2D eigenvalue weighted by Gasteiger charge is 2.28. The van der Waals surface area contributed by atoms with E-state index in [2.05, 4.69) is 57.4 Å². The van der Waals surface area contributed by atoms with E-state index in [9.17, 15) is 0 Å². The molecule has 1 aliphatic rings. The average molecular weight is 289 g/mol. The van der Waals surface area contributed by atoms with Gasteiger partial charge in [0, 0.05) is 6.04 Å². The van der Waals surface area contributed by atoms with E-state index in [0.717, 1.165) is 17.6 Å². The Kier molecular flexibility index (Phi) is 6.10. The summed E-state index contributed by atoms with van der Waals surface area (Å²) < 4.78 is 5.85. The molecule has 1 N–H and O–H groups in total. The fourth-order valence-electron chi connectivity index (χ4n) is 3.73. The molecule has 2 rings (SSSR count). The van der Waals surface area contributed by atoms with E-state index in [1.165, 1.54) is 37.7 Å². The van der Waals surface area contributed by atoms with Crippen LogP contribution in [0.4, 0.5) is 0 Å². The van der Waals surface area contributed by atoms with Crippen molar-refractivity contribution in [2.24, 2.45) is 11.8 Å². The van der Waals surface area contributed by atoms with E-state index in [1.54, 1.807) is 0 Å². The van der Waals surface area contributed by atoms with E-state index < -0.39 is 0 Å². The van der Waals surface area contributed by atoms with E-state index >= 15 is 0 Å². The predicted molar refractivity (Wildman–Crippen MR) is 89.7 cm³/mol. The van der Waals surface area contributed by atoms with Crippen LogP contribution in [-0.2, 0) is 0 Å². The van der Waals surface area contributed by atoms with Gasteiger partial charge in [0.2, 0.25) is 0 Å². The van der Waals surface area contributed by atoms with Gasteiger partial charge < -0.3 is 10.1 Å². The SMILES string of the molecule is CCC1CCCC(C(NC)c2cccc(OC(C)C)c2)C1.